The van der Waals surface area contributed by atoms with Crippen molar-refractivity contribution < 1.29 is 9.72 Å². The SMILES string of the molecule is O=C(/C=C/c1c(-c2ccccc2)[nH]c2ccccc12)c1ccc([N+](=O)[O-])cc1. The molecular weight excluding hydrogens is 352 g/mol. The molecule has 0 spiro atoms. The van der Waals surface area contributed by atoms with E-state index in [0.717, 1.165) is 27.7 Å². The fourth-order valence-electron chi connectivity index (χ4n) is 3.17. The zero-order valence-corrected chi connectivity index (χ0v) is 14.8. The van der Waals surface area contributed by atoms with Crippen LogP contribution in [0.5, 0.6) is 0 Å². The molecule has 0 aliphatic rings. The van der Waals surface area contributed by atoms with Gasteiger partial charge in [0.2, 0.25) is 0 Å². The van der Waals surface area contributed by atoms with Crippen LogP contribution in [-0.2, 0) is 0 Å². The maximum Gasteiger partial charge on any atom is 0.269 e. The molecule has 1 N–H and O–H groups in total. The van der Waals surface area contributed by atoms with Gasteiger partial charge in [-0.05, 0) is 35.9 Å². The molecule has 0 aliphatic carbocycles. The summed E-state index contributed by atoms with van der Waals surface area (Å²) in [4.78, 5) is 26.2. The van der Waals surface area contributed by atoms with Crippen molar-refractivity contribution in [1.29, 1.82) is 0 Å². The lowest BCUT2D eigenvalue weighted by molar-refractivity contribution is -0.384. The number of para-hydroxylation sites is 1. The molecular formula is C23H16N2O3. The molecule has 1 heterocycles. The second-order valence-corrected chi connectivity index (χ2v) is 6.33. The lowest BCUT2D eigenvalue weighted by Gasteiger charge is -2.01. The number of carbonyl (C=O) groups is 1. The number of hydrogen-bond donors (Lipinski definition) is 1. The van der Waals surface area contributed by atoms with Crippen molar-refractivity contribution in [2.24, 2.45) is 0 Å². The Morgan fingerprint density at radius 1 is 0.893 bits per heavy atom. The maximum absolute atomic E-state index is 12.5. The van der Waals surface area contributed by atoms with Crippen LogP contribution in [0.3, 0.4) is 0 Å². The van der Waals surface area contributed by atoms with Crippen LogP contribution < -0.4 is 0 Å². The van der Waals surface area contributed by atoms with Gasteiger partial charge in [-0.1, -0.05) is 48.5 Å². The highest BCUT2D eigenvalue weighted by molar-refractivity contribution is 6.09. The summed E-state index contributed by atoms with van der Waals surface area (Å²) < 4.78 is 0. The van der Waals surface area contributed by atoms with Crippen LogP contribution in [0.25, 0.3) is 28.2 Å². The molecule has 1 aromatic heterocycles. The number of hydrogen-bond acceptors (Lipinski definition) is 3. The van der Waals surface area contributed by atoms with Gasteiger partial charge in [-0.3, -0.25) is 14.9 Å². The zero-order chi connectivity index (χ0) is 19.5. The van der Waals surface area contributed by atoms with Gasteiger partial charge < -0.3 is 4.98 Å². The van der Waals surface area contributed by atoms with E-state index in [2.05, 4.69) is 4.98 Å². The Labute approximate surface area is 161 Å². The van der Waals surface area contributed by atoms with Crippen LogP contribution in [0.15, 0.2) is 84.9 Å². The number of aromatic nitrogens is 1. The van der Waals surface area contributed by atoms with Crippen molar-refractivity contribution in [2.75, 3.05) is 0 Å². The molecule has 5 heteroatoms. The minimum absolute atomic E-state index is 0.0384. The van der Waals surface area contributed by atoms with Crippen molar-refractivity contribution in [3.8, 4) is 11.3 Å². The lowest BCUT2D eigenvalue weighted by Crippen LogP contribution is -1.95. The average Bonchev–Trinajstić information content (AvgIpc) is 3.11. The topological polar surface area (TPSA) is 76.0 Å². The van der Waals surface area contributed by atoms with Gasteiger partial charge in [0, 0.05) is 34.2 Å². The van der Waals surface area contributed by atoms with E-state index in [1.165, 1.54) is 30.3 Å². The first-order chi connectivity index (χ1) is 13.6. The van der Waals surface area contributed by atoms with Crippen LogP contribution in [-0.4, -0.2) is 15.7 Å². The first-order valence-corrected chi connectivity index (χ1v) is 8.76. The quantitative estimate of drug-likeness (QED) is 0.214. The molecule has 4 aromatic rings. The Hall–Kier alpha value is -3.99. The Morgan fingerprint density at radius 2 is 1.57 bits per heavy atom. The second-order valence-electron chi connectivity index (χ2n) is 6.33. The molecule has 136 valence electrons. The number of nitro groups is 1. The molecule has 0 bridgehead atoms. The van der Waals surface area contributed by atoms with Crippen LogP contribution >= 0.6 is 0 Å². The van der Waals surface area contributed by atoms with Gasteiger partial charge in [0.1, 0.15) is 0 Å². The maximum atomic E-state index is 12.5. The van der Waals surface area contributed by atoms with Crippen LogP contribution in [0.2, 0.25) is 0 Å². The molecule has 5 nitrogen and oxygen atoms in total. The molecule has 3 aromatic carbocycles. The number of non-ortho nitro benzene ring substituents is 1. The van der Waals surface area contributed by atoms with Crippen molar-refractivity contribution in [1.82, 2.24) is 4.98 Å². The molecule has 0 atom stereocenters. The lowest BCUT2D eigenvalue weighted by atomic mass is 10.0. The molecule has 0 fully saturated rings. The highest BCUT2D eigenvalue weighted by atomic mass is 16.6. The highest BCUT2D eigenvalue weighted by Gasteiger charge is 2.12. The third-order valence-electron chi connectivity index (χ3n) is 4.57. The van der Waals surface area contributed by atoms with Gasteiger partial charge in [-0.2, -0.15) is 0 Å². The van der Waals surface area contributed by atoms with Gasteiger partial charge in [0.25, 0.3) is 5.69 Å². The molecule has 0 amide bonds. The number of nitrogens with zero attached hydrogens (tertiary/aromatic N) is 1. The number of benzene rings is 3. The zero-order valence-electron chi connectivity index (χ0n) is 14.8. The molecule has 0 saturated carbocycles. The predicted octanol–water partition coefficient (Wildman–Crippen LogP) is 5.64. The summed E-state index contributed by atoms with van der Waals surface area (Å²) in [7, 11) is 0. The number of fused-ring (bicyclic) bond motifs is 1. The fraction of sp³-hybridized carbons (Fsp3) is 0. The van der Waals surface area contributed by atoms with Crippen molar-refractivity contribution in [3.05, 3.63) is 106 Å². The molecule has 4 rings (SSSR count). The summed E-state index contributed by atoms with van der Waals surface area (Å²) in [5.74, 6) is -0.209. The second kappa shape index (κ2) is 7.32. The third kappa shape index (κ3) is 3.33. The molecule has 0 radical (unpaired) electrons. The van der Waals surface area contributed by atoms with Crippen molar-refractivity contribution in [3.63, 3.8) is 0 Å². The normalized spacial score (nSPS) is 11.1. The van der Waals surface area contributed by atoms with E-state index in [-0.39, 0.29) is 11.5 Å². The number of H-pyrrole nitrogens is 1. The molecule has 0 saturated heterocycles. The Balaban J connectivity index is 1.72. The smallest absolute Gasteiger partial charge is 0.269 e. The van der Waals surface area contributed by atoms with Gasteiger partial charge in [0.05, 0.1) is 10.6 Å². The summed E-state index contributed by atoms with van der Waals surface area (Å²) in [5, 5.41) is 11.8. The summed E-state index contributed by atoms with van der Waals surface area (Å²) in [6, 6.07) is 23.5. The van der Waals surface area contributed by atoms with Crippen LogP contribution in [0.1, 0.15) is 15.9 Å². The van der Waals surface area contributed by atoms with E-state index in [1.807, 2.05) is 54.6 Å². The van der Waals surface area contributed by atoms with Crippen LogP contribution in [0.4, 0.5) is 5.69 Å². The summed E-state index contributed by atoms with van der Waals surface area (Å²) in [6.45, 7) is 0. The molecule has 0 aliphatic heterocycles. The largest absolute Gasteiger partial charge is 0.354 e. The van der Waals surface area contributed by atoms with Gasteiger partial charge in [-0.15, -0.1) is 0 Å². The van der Waals surface area contributed by atoms with Crippen molar-refractivity contribution in [2.45, 2.75) is 0 Å². The number of ketones is 1. The summed E-state index contributed by atoms with van der Waals surface area (Å²) >= 11 is 0. The van der Waals surface area contributed by atoms with E-state index in [9.17, 15) is 14.9 Å². The standard InChI is InChI=1S/C23H16N2O3/c26-22(16-10-12-18(13-11-16)25(27)28)15-14-20-19-8-4-5-9-21(19)24-23(20)17-6-2-1-3-7-17/h1-15,24H/b15-14+. The monoisotopic (exact) mass is 368 g/mol. The molecule has 28 heavy (non-hydrogen) atoms. The van der Waals surface area contributed by atoms with Crippen molar-refractivity contribution >= 4 is 28.4 Å². The molecule has 0 unspecified atom stereocenters. The van der Waals surface area contributed by atoms with E-state index >= 15 is 0 Å². The minimum Gasteiger partial charge on any atom is -0.354 e. The fourth-order valence-corrected chi connectivity index (χ4v) is 3.17. The minimum atomic E-state index is -0.484. The number of allylic oxidation sites excluding steroid dienone is 1. The van der Waals surface area contributed by atoms with E-state index in [1.54, 1.807) is 6.08 Å². The number of carbonyl (C=O) groups excluding carboxylic acids is 1. The summed E-state index contributed by atoms with van der Waals surface area (Å²) in [6.07, 6.45) is 3.30. The summed E-state index contributed by atoms with van der Waals surface area (Å²) in [5.41, 5.74) is 4.25. The van der Waals surface area contributed by atoms with E-state index in [0.29, 0.717) is 5.56 Å². The highest BCUT2D eigenvalue weighted by Crippen LogP contribution is 2.31. The number of aromatic amines is 1. The number of nitrogens with one attached hydrogen (secondary N) is 1. The Kier molecular flexibility index (Phi) is 4.56. The van der Waals surface area contributed by atoms with E-state index in [4.69, 9.17) is 0 Å². The third-order valence-corrected chi connectivity index (χ3v) is 4.57. The Morgan fingerprint density at radius 3 is 2.29 bits per heavy atom. The van der Waals surface area contributed by atoms with Gasteiger partial charge in [0.15, 0.2) is 5.78 Å². The van der Waals surface area contributed by atoms with E-state index < -0.39 is 4.92 Å². The Bertz CT molecular complexity index is 1190. The first-order valence-electron chi connectivity index (χ1n) is 8.76. The van der Waals surface area contributed by atoms with Gasteiger partial charge >= 0.3 is 0 Å². The number of nitro benzene ring substituents is 1. The first kappa shape index (κ1) is 17.4. The van der Waals surface area contributed by atoms with Gasteiger partial charge in [-0.25, -0.2) is 0 Å². The predicted molar refractivity (Wildman–Crippen MR) is 110 cm³/mol. The van der Waals surface area contributed by atoms with Crippen LogP contribution in [0, 0.1) is 10.1 Å². The average molecular weight is 368 g/mol. The number of rotatable bonds is 5.